The molecule has 0 bridgehead atoms. The van der Waals surface area contributed by atoms with Crippen LogP contribution in [0.3, 0.4) is 0 Å². The van der Waals surface area contributed by atoms with Gasteiger partial charge >= 0.3 is 0 Å². The van der Waals surface area contributed by atoms with Crippen LogP contribution >= 0.6 is 0 Å². The van der Waals surface area contributed by atoms with Gasteiger partial charge in [0.1, 0.15) is 48.8 Å². The lowest BCUT2D eigenvalue weighted by Crippen LogP contribution is -2.67. The van der Waals surface area contributed by atoms with E-state index in [1.165, 1.54) is 0 Å². The number of ether oxygens (including phenoxy) is 3. The monoisotopic (exact) mass is 383 g/mol. The highest BCUT2D eigenvalue weighted by Crippen LogP contribution is 2.28. The summed E-state index contributed by atoms with van der Waals surface area (Å²) in [5.74, 6) is -0.564. The molecule has 0 aromatic carbocycles. The van der Waals surface area contributed by atoms with Gasteiger partial charge in [-0.2, -0.15) is 0 Å². The molecular formula is C14H25NO11. The van der Waals surface area contributed by atoms with E-state index in [4.69, 9.17) is 14.2 Å². The number of hydrogen-bond donors (Lipinski definition) is 8. The van der Waals surface area contributed by atoms with Crippen molar-refractivity contribution in [2.24, 2.45) is 0 Å². The number of nitrogens with one attached hydrogen (secondary N) is 1. The molecule has 26 heavy (non-hydrogen) atoms. The second kappa shape index (κ2) is 8.84. The van der Waals surface area contributed by atoms with E-state index in [0.29, 0.717) is 0 Å². The summed E-state index contributed by atoms with van der Waals surface area (Å²) in [4.78, 5) is 11.2. The van der Waals surface area contributed by atoms with Gasteiger partial charge in [-0.1, -0.05) is 0 Å². The molecule has 1 amide bonds. The first-order chi connectivity index (χ1) is 12.2. The van der Waals surface area contributed by atoms with Gasteiger partial charge in [-0.3, -0.25) is 4.79 Å². The smallest absolute Gasteiger partial charge is 0.217 e. The second-order valence-electron chi connectivity index (χ2n) is 6.26. The van der Waals surface area contributed by atoms with E-state index in [1.54, 1.807) is 0 Å². The van der Waals surface area contributed by atoms with Crippen LogP contribution < -0.4 is 5.32 Å². The molecule has 10 atom stereocenters. The Morgan fingerprint density at radius 1 is 0.923 bits per heavy atom. The first-order valence-electron chi connectivity index (χ1n) is 8.06. The molecule has 1 unspecified atom stereocenters. The van der Waals surface area contributed by atoms with Crippen LogP contribution in [-0.4, -0.2) is 116 Å². The third-order valence-corrected chi connectivity index (χ3v) is 4.38. The SMILES string of the molecule is CC(=O)N[C@H]1C(O)O[C@H](CO)[C@@H](O[C@@H]2O[C@H](CO)[C@@H](O)[C@H](O)[C@@H]2O)[C@@H]1O. The van der Waals surface area contributed by atoms with Crippen LogP contribution in [0.1, 0.15) is 6.92 Å². The normalized spacial score (nSPS) is 46.8. The van der Waals surface area contributed by atoms with E-state index in [0.717, 1.165) is 6.92 Å². The van der Waals surface area contributed by atoms with Gasteiger partial charge in [0.05, 0.1) is 13.2 Å². The summed E-state index contributed by atoms with van der Waals surface area (Å²) >= 11 is 0. The number of carbonyl (C=O) groups is 1. The molecule has 2 aliphatic heterocycles. The first-order valence-corrected chi connectivity index (χ1v) is 8.06. The van der Waals surface area contributed by atoms with E-state index >= 15 is 0 Å². The molecule has 0 spiro atoms. The van der Waals surface area contributed by atoms with Crippen LogP contribution in [0.25, 0.3) is 0 Å². The number of aliphatic hydroxyl groups is 7. The number of hydrogen-bond acceptors (Lipinski definition) is 11. The first kappa shape index (κ1) is 21.4. The van der Waals surface area contributed by atoms with Gasteiger partial charge < -0.3 is 55.3 Å². The highest BCUT2D eigenvalue weighted by molar-refractivity contribution is 5.73. The van der Waals surface area contributed by atoms with Crippen molar-refractivity contribution in [3.63, 3.8) is 0 Å². The van der Waals surface area contributed by atoms with Gasteiger partial charge in [-0.05, 0) is 0 Å². The van der Waals surface area contributed by atoms with E-state index in [1.807, 2.05) is 0 Å². The zero-order chi connectivity index (χ0) is 19.6. The number of rotatable bonds is 5. The van der Waals surface area contributed by atoms with Crippen molar-refractivity contribution in [1.82, 2.24) is 5.32 Å². The molecule has 12 nitrogen and oxygen atoms in total. The summed E-state index contributed by atoms with van der Waals surface area (Å²) in [6.45, 7) is -0.195. The van der Waals surface area contributed by atoms with Gasteiger partial charge in [0.2, 0.25) is 5.91 Å². The van der Waals surface area contributed by atoms with Crippen molar-refractivity contribution in [2.75, 3.05) is 13.2 Å². The summed E-state index contributed by atoms with van der Waals surface area (Å²) in [5, 5.41) is 70.7. The van der Waals surface area contributed by atoms with Gasteiger partial charge in [0.15, 0.2) is 12.6 Å². The Morgan fingerprint density at radius 3 is 2.08 bits per heavy atom. The molecule has 0 radical (unpaired) electrons. The molecular weight excluding hydrogens is 358 g/mol. The Hall–Kier alpha value is -0.930. The minimum Gasteiger partial charge on any atom is -0.394 e. The summed E-state index contributed by atoms with van der Waals surface area (Å²) in [5.41, 5.74) is 0. The van der Waals surface area contributed by atoms with Crippen molar-refractivity contribution in [2.45, 2.75) is 68.3 Å². The van der Waals surface area contributed by atoms with Crippen LogP contribution in [0, 0.1) is 0 Å². The van der Waals surface area contributed by atoms with E-state index in [-0.39, 0.29) is 0 Å². The average Bonchev–Trinajstić information content (AvgIpc) is 2.60. The van der Waals surface area contributed by atoms with E-state index in [9.17, 15) is 40.5 Å². The third-order valence-electron chi connectivity index (χ3n) is 4.38. The molecule has 2 fully saturated rings. The molecule has 12 heteroatoms. The molecule has 0 aliphatic carbocycles. The lowest BCUT2D eigenvalue weighted by Gasteiger charge is -2.46. The minimum absolute atomic E-state index is 0.564. The Kier molecular flexibility index (Phi) is 7.27. The standard InChI is InChI=1S/C14H25NO11/c1-4(18)15-7-9(20)12(6(3-17)24-13(7)23)26-14-11(22)10(21)8(19)5(2-16)25-14/h5-14,16-17,19-23H,2-3H2,1H3,(H,15,18)/t5-,6-,7-,8-,9-,10+,11+,12-,13?,14+/m1/s1. The summed E-state index contributed by atoms with van der Waals surface area (Å²) < 4.78 is 15.7. The Morgan fingerprint density at radius 2 is 1.54 bits per heavy atom. The fourth-order valence-corrected chi connectivity index (χ4v) is 2.98. The minimum atomic E-state index is -1.73. The van der Waals surface area contributed by atoms with Gasteiger partial charge in [0, 0.05) is 6.92 Å². The number of amides is 1. The maximum atomic E-state index is 11.2. The molecule has 152 valence electrons. The second-order valence-corrected chi connectivity index (χ2v) is 6.26. The molecule has 2 heterocycles. The number of aliphatic hydroxyl groups excluding tert-OH is 7. The average molecular weight is 383 g/mol. The molecule has 0 aromatic heterocycles. The summed E-state index contributed by atoms with van der Waals surface area (Å²) in [6.07, 6.45) is -13.6. The molecule has 2 rings (SSSR count). The highest BCUT2D eigenvalue weighted by Gasteiger charge is 2.50. The van der Waals surface area contributed by atoms with Gasteiger partial charge in [-0.15, -0.1) is 0 Å². The predicted octanol–water partition coefficient (Wildman–Crippen LogP) is -5.25. The molecule has 0 saturated carbocycles. The zero-order valence-electron chi connectivity index (χ0n) is 14.0. The summed E-state index contributed by atoms with van der Waals surface area (Å²) in [7, 11) is 0. The molecule has 0 aromatic rings. The predicted molar refractivity (Wildman–Crippen MR) is 80.2 cm³/mol. The molecule has 2 saturated heterocycles. The van der Waals surface area contributed by atoms with Crippen LogP contribution in [0.5, 0.6) is 0 Å². The maximum absolute atomic E-state index is 11.2. The van der Waals surface area contributed by atoms with Crippen molar-refractivity contribution >= 4 is 5.91 Å². The quantitative estimate of drug-likeness (QED) is 0.226. The Labute approximate surface area is 148 Å². The van der Waals surface area contributed by atoms with Crippen molar-refractivity contribution < 1.29 is 54.8 Å². The topological polar surface area (TPSA) is 198 Å². The van der Waals surface area contributed by atoms with Gasteiger partial charge in [-0.25, -0.2) is 0 Å². The van der Waals surface area contributed by atoms with Crippen molar-refractivity contribution in [3.05, 3.63) is 0 Å². The van der Waals surface area contributed by atoms with Crippen molar-refractivity contribution in [1.29, 1.82) is 0 Å². The fourth-order valence-electron chi connectivity index (χ4n) is 2.98. The highest BCUT2D eigenvalue weighted by atomic mass is 16.7. The summed E-state index contributed by atoms with van der Waals surface area (Å²) in [6, 6.07) is -1.29. The van der Waals surface area contributed by atoms with Crippen LogP contribution in [-0.2, 0) is 19.0 Å². The Bertz CT molecular complexity index is 478. The third kappa shape index (κ3) is 4.31. The largest absolute Gasteiger partial charge is 0.394 e. The number of carbonyl (C=O) groups excluding carboxylic acids is 1. The molecule has 8 N–H and O–H groups in total. The van der Waals surface area contributed by atoms with E-state index in [2.05, 4.69) is 5.32 Å². The fraction of sp³-hybridized carbons (Fsp3) is 0.929. The Balaban J connectivity index is 2.16. The zero-order valence-corrected chi connectivity index (χ0v) is 14.0. The van der Waals surface area contributed by atoms with Crippen LogP contribution in [0.15, 0.2) is 0 Å². The van der Waals surface area contributed by atoms with Crippen LogP contribution in [0.4, 0.5) is 0 Å². The van der Waals surface area contributed by atoms with Gasteiger partial charge in [0.25, 0.3) is 0 Å². The lowest BCUT2D eigenvalue weighted by atomic mass is 9.95. The lowest BCUT2D eigenvalue weighted by molar-refractivity contribution is -0.345. The van der Waals surface area contributed by atoms with E-state index < -0.39 is 80.5 Å². The van der Waals surface area contributed by atoms with Crippen LogP contribution in [0.2, 0.25) is 0 Å². The molecule has 2 aliphatic rings. The van der Waals surface area contributed by atoms with Crippen molar-refractivity contribution in [3.8, 4) is 0 Å². The maximum Gasteiger partial charge on any atom is 0.217 e.